The van der Waals surface area contributed by atoms with Crippen molar-refractivity contribution in [2.45, 2.75) is 62.7 Å². The zero-order valence-corrected chi connectivity index (χ0v) is 23.7. The van der Waals surface area contributed by atoms with Crippen LogP contribution in [0.3, 0.4) is 0 Å². The molecular weight excluding hydrogens is 630 g/mol. The van der Waals surface area contributed by atoms with Gasteiger partial charge in [0.25, 0.3) is 0 Å². The third kappa shape index (κ3) is 14.2. The zero-order chi connectivity index (χ0) is 27.7. The van der Waals surface area contributed by atoms with Crippen molar-refractivity contribution in [3.63, 3.8) is 0 Å². The van der Waals surface area contributed by atoms with E-state index in [-0.39, 0.29) is 43.6 Å². The largest absolute Gasteiger partial charge is 6.00 e. The number of hydrogen-bond donors (Lipinski definition) is 3. The van der Waals surface area contributed by atoms with Crippen LogP contribution in [0.1, 0.15) is 38.5 Å². The second-order valence-electron chi connectivity index (χ2n) is 8.13. The Bertz CT molecular complexity index is 780. The van der Waals surface area contributed by atoms with E-state index in [2.05, 4.69) is 47.3 Å². The van der Waals surface area contributed by atoms with Crippen LogP contribution in [0.4, 0.5) is 0 Å². The van der Waals surface area contributed by atoms with Gasteiger partial charge in [-0.1, -0.05) is 75.2 Å². The monoisotopic (exact) mass is 656 g/mol. The van der Waals surface area contributed by atoms with E-state index in [1.165, 1.54) is 15.5 Å². The van der Waals surface area contributed by atoms with Gasteiger partial charge in [-0.3, -0.25) is 14.4 Å². The number of aliphatic carboxylic acids is 3. The molecule has 0 aromatic heterocycles. The van der Waals surface area contributed by atoms with Crippen LogP contribution in [0.15, 0.2) is 0 Å². The number of nitrogens with zero attached hydrogens (tertiary/aromatic N) is 6. The number of isothiocyanates is 3. The zero-order valence-electron chi connectivity index (χ0n) is 19.5. The van der Waals surface area contributed by atoms with Crippen molar-refractivity contribution in [3.8, 4) is 0 Å². The van der Waals surface area contributed by atoms with E-state index in [1.54, 1.807) is 0 Å². The van der Waals surface area contributed by atoms with Crippen molar-refractivity contribution in [1.29, 1.82) is 0 Å². The topological polar surface area (TPSA) is 221 Å². The summed E-state index contributed by atoms with van der Waals surface area (Å²) in [5, 5.41) is 67.4. The average molecular weight is 656 g/mol. The molecule has 0 aliphatic carbocycles. The summed E-state index contributed by atoms with van der Waals surface area (Å²) in [6, 6.07) is -1.26. The molecule has 0 aromatic rings. The molecule has 16 heteroatoms. The number of carboxylic acid groups (broad SMARTS) is 3. The summed E-state index contributed by atoms with van der Waals surface area (Å²) in [4.78, 5) is 34.3. The van der Waals surface area contributed by atoms with Gasteiger partial charge in [-0.05, 0) is 0 Å². The number of carboxylic acids is 3. The molecule has 37 heavy (non-hydrogen) atoms. The van der Waals surface area contributed by atoms with Crippen molar-refractivity contribution >= 4 is 70.0 Å². The van der Waals surface area contributed by atoms with Crippen LogP contribution in [-0.4, -0.2) is 86.0 Å². The SMILES string of the molecule is O=C(O)C1CC[N-]C(C2CC(C(=O)O)CC(C3CC(C(=O)O)CC[N-]3)[N-]2)C1.[N-]=C=S.[N-]=C=S.[N-]=C=S.[Ru+6]. The first-order valence-electron chi connectivity index (χ1n) is 10.8. The van der Waals surface area contributed by atoms with E-state index >= 15 is 0 Å². The van der Waals surface area contributed by atoms with Crippen LogP contribution < -0.4 is 0 Å². The van der Waals surface area contributed by atoms with Gasteiger partial charge in [0.15, 0.2) is 0 Å². The summed E-state index contributed by atoms with van der Waals surface area (Å²) in [5.41, 5.74) is 0. The van der Waals surface area contributed by atoms with E-state index < -0.39 is 35.7 Å². The molecule has 0 amide bonds. The quantitative estimate of drug-likeness (QED) is 0.221. The van der Waals surface area contributed by atoms with Gasteiger partial charge < -0.3 is 47.5 Å². The molecule has 3 rings (SSSR count). The fourth-order valence-corrected chi connectivity index (χ4v) is 4.53. The fourth-order valence-electron chi connectivity index (χ4n) is 4.53. The number of piperidine rings is 3. The van der Waals surface area contributed by atoms with Crippen molar-refractivity contribution in [1.82, 2.24) is 0 Å². The smallest absolute Gasteiger partial charge is 0.753 e. The van der Waals surface area contributed by atoms with Gasteiger partial charge >= 0.3 is 37.4 Å². The number of carbonyl (C=O) groups is 3. The van der Waals surface area contributed by atoms with Crippen molar-refractivity contribution in [2.24, 2.45) is 17.8 Å². The maximum atomic E-state index is 11.7. The summed E-state index contributed by atoms with van der Waals surface area (Å²) < 4.78 is 0. The van der Waals surface area contributed by atoms with Crippen LogP contribution in [0.2, 0.25) is 0 Å². The number of thiocarbonyl (C=S) groups is 3. The molecule has 3 heterocycles. The van der Waals surface area contributed by atoms with Gasteiger partial charge in [0.05, 0.1) is 17.8 Å². The minimum Gasteiger partial charge on any atom is -0.753 e. The molecule has 0 radical (unpaired) electrons. The van der Waals surface area contributed by atoms with Crippen LogP contribution in [0.25, 0.3) is 32.2 Å². The summed E-state index contributed by atoms with van der Waals surface area (Å²) in [6.07, 6.45) is 2.46. The minimum absolute atomic E-state index is 0. The predicted molar refractivity (Wildman–Crippen MR) is 144 cm³/mol. The maximum Gasteiger partial charge on any atom is 6.00 e. The third-order valence-electron chi connectivity index (χ3n) is 6.11. The Balaban J connectivity index is 0. The molecule has 0 saturated carbocycles. The summed E-state index contributed by atoms with van der Waals surface area (Å²) in [5.74, 6) is -4.11. The predicted octanol–water partition coefficient (Wildman–Crippen LogP) is 4.04. The van der Waals surface area contributed by atoms with Gasteiger partial charge in [-0.15, -0.1) is 13.1 Å². The fraction of sp³-hybridized carbons (Fsp3) is 0.714. The molecule has 3 aliphatic heterocycles. The standard InChI is InChI=1S/C18H26N3O6.3CNS.Ru/c22-16(23)9-1-3-19-12(5-9)14-7-11(18(26)27)8-15(21-14)13-6-10(17(24)25)2-4-20-13;3*2-1-3;/h9-15H,1-8H2,(H,22,23)(H,24,25)(H,26,27);;;;/q-3;3*-1;+6. The van der Waals surface area contributed by atoms with Crippen molar-refractivity contribution in [2.75, 3.05) is 13.1 Å². The molecule has 6 unspecified atom stereocenters. The first kappa shape index (κ1) is 37.5. The summed E-state index contributed by atoms with van der Waals surface area (Å²) in [6.45, 7) is 0.899. The van der Waals surface area contributed by atoms with Crippen LogP contribution >= 0.6 is 36.7 Å². The van der Waals surface area contributed by atoms with Crippen LogP contribution in [0.5, 0.6) is 0 Å². The van der Waals surface area contributed by atoms with Gasteiger partial charge in [0, 0.05) is 0 Å². The second kappa shape index (κ2) is 21.3. The van der Waals surface area contributed by atoms with Gasteiger partial charge in [-0.2, -0.15) is 39.7 Å². The van der Waals surface area contributed by atoms with E-state index in [0.29, 0.717) is 51.6 Å². The second-order valence-corrected chi connectivity index (χ2v) is 8.68. The molecule has 0 spiro atoms. The average Bonchev–Trinajstić information content (AvgIpc) is 2.85. The first-order chi connectivity index (χ1) is 17.1. The molecule has 3 aliphatic rings. The van der Waals surface area contributed by atoms with E-state index in [1.807, 2.05) is 0 Å². The Morgan fingerprint density at radius 1 is 0.622 bits per heavy atom. The summed E-state index contributed by atoms with van der Waals surface area (Å²) >= 11 is 11.1. The van der Waals surface area contributed by atoms with Crippen molar-refractivity contribution < 1.29 is 49.2 Å². The van der Waals surface area contributed by atoms with Gasteiger partial charge in [0.2, 0.25) is 0 Å². The third-order valence-corrected chi connectivity index (χ3v) is 6.11. The van der Waals surface area contributed by atoms with Crippen LogP contribution in [-0.2, 0) is 33.9 Å². The Labute approximate surface area is 244 Å². The minimum atomic E-state index is -0.893. The molecule has 0 aromatic carbocycles. The molecule has 3 N–H and O–H groups in total. The molecular formula is C21H26N6O6RuS3. The Hall–Kier alpha value is -1.69. The molecule has 3 fully saturated rings. The van der Waals surface area contributed by atoms with Crippen molar-refractivity contribution in [3.05, 3.63) is 32.2 Å². The molecule has 0 bridgehead atoms. The maximum absolute atomic E-state index is 11.7. The molecule has 12 nitrogen and oxygen atoms in total. The van der Waals surface area contributed by atoms with Crippen LogP contribution in [0, 0.1) is 17.8 Å². The number of rotatable bonds is 5. The molecule has 6 atom stereocenters. The van der Waals surface area contributed by atoms with Gasteiger partial charge in [0.1, 0.15) is 0 Å². The van der Waals surface area contributed by atoms with E-state index in [4.69, 9.17) is 21.5 Å². The first-order valence-corrected chi connectivity index (χ1v) is 12.1. The normalized spacial score (nSPS) is 30.0. The molecule has 3 saturated heterocycles. The Morgan fingerprint density at radius 3 is 1.16 bits per heavy atom. The van der Waals surface area contributed by atoms with E-state index in [0.717, 1.165) is 0 Å². The van der Waals surface area contributed by atoms with Gasteiger partial charge in [-0.25, -0.2) is 0 Å². The number of hydrogen-bond acceptors (Lipinski definition) is 6. The summed E-state index contributed by atoms with van der Waals surface area (Å²) in [7, 11) is 0. The Morgan fingerprint density at radius 2 is 0.892 bits per heavy atom. The van der Waals surface area contributed by atoms with E-state index in [9.17, 15) is 29.7 Å². The molecule has 202 valence electrons. The Kier molecular flexibility index (Phi) is 21.5.